The van der Waals surface area contributed by atoms with Crippen LogP contribution in [0.4, 0.5) is 0 Å². The van der Waals surface area contributed by atoms with E-state index >= 15 is 0 Å². The minimum atomic E-state index is 0.551. The van der Waals surface area contributed by atoms with E-state index in [0.717, 1.165) is 28.3 Å². The minimum absolute atomic E-state index is 0.551. The summed E-state index contributed by atoms with van der Waals surface area (Å²) >= 11 is 4.22. The quantitative estimate of drug-likeness (QED) is 0.689. The third-order valence-electron chi connectivity index (χ3n) is 3.00. The van der Waals surface area contributed by atoms with E-state index in [1.807, 2.05) is 18.2 Å². The number of H-pyrrole nitrogens is 1. The summed E-state index contributed by atoms with van der Waals surface area (Å²) in [5, 5.41) is 1.19. The molecule has 2 heterocycles. The largest absolute Gasteiger partial charge is 0.358 e. The van der Waals surface area contributed by atoms with Gasteiger partial charge in [-0.15, -0.1) is 0 Å². The molecule has 18 heavy (non-hydrogen) atoms. The summed E-state index contributed by atoms with van der Waals surface area (Å²) in [5.41, 5.74) is 4.36. The first kappa shape index (κ1) is 11.3. The molecule has 90 valence electrons. The summed E-state index contributed by atoms with van der Waals surface area (Å²) in [6, 6.07) is 10.2. The Morgan fingerprint density at radius 3 is 2.89 bits per heavy atom. The van der Waals surface area contributed by atoms with Crippen LogP contribution in [0.25, 0.3) is 22.2 Å². The summed E-state index contributed by atoms with van der Waals surface area (Å²) in [6.45, 7) is 2.07. The summed E-state index contributed by atoms with van der Waals surface area (Å²) in [6.07, 6.45) is 1.79. The highest BCUT2D eigenvalue weighted by Crippen LogP contribution is 2.30. The molecule has 0 radical (unpaired) electrons. The summed E-state index contributed by atoms with van der Waals surface area (Å²) < 4.78 is 0. The number of aromatic amines is 1. The van der Waals surface area contributed by atoms with Crippen molar-refractivity contribution in [1.29, 1.82) is 0 Å². The molecule has 0 aliphatic heterocycles. The number of rotatable bonds is 2. The van der Waals surface area contributed by atoms with Crippen molar-refractivity contribution in [3.05, 3.63) is 48.0 Å². The molecule has 3 aromatic rings. The van der Waals surface area contributed by atoms with E-state index in [-0.39, 0.29) is 0 Å². The van der Waals surface area contributed by atoms with Crippen molar-refractivity contribution >= 4 is 23.5 Å². The Morgan fingerprint density at radius 2 is 2.06 bits per heavy atom. The Morgan fingerprint density at radius 1 is 1.22 bits per heavy atom. The summed E-state index contributed by atoms with van der Waals surface area (Å²) in [7, 11) is 0. The van der Waals surface area contributed by atoms with E-state index in [1.54, 1.807) is 6.20 Å². The Hall–Kier alpha value is -1.81. The molecule has 0 amide bonds. The SMILES string of the molecule is Cc1[nH]c2ccccc2c1-c1ccnc(CS)n1. The number of fused-ring (bicyclic) bond motifs is 1. The zero-order valence-electron chi connectivity index (χ0n) is 10.0. The van der Waals surface area contributed by atoms with Crippen LogP contribution in [0, 0.1) is 6.92 Å². The van der Waals surface area contributed by atoms with Crippen molar-refractivity contribution in [2.45, 2.75) is 12.7 Å². The first-order valence-corrected chi connectivity index (χ1v) is 6.43. The van der Waals surface area contributed by atoms with Crippen molar-refractivity contribution in [3.8, 4) is 11.3 Å². The van der Waals surface area contributed by atoms with Crippen molar-refractivity contribution in [1.82, 2.24) is 15.0 Å². The number of thiol groups is 1. The smallest absolute Gasteiger partial charge is 0.138 e. The average molecular weight is 255 g/mol. The van der Waals surface area contributed by atoms with Crippen LogP contribution in [-0.2, 0) is 5.75 Å². The number of nitrogens with zero attached hydrogens (tertiary/aromatic N) is 2. The average Bonchev–Trinajstić information content (AvgIpc) is 2.74. The molecular weight excluding hydrogens is 242 g/mol. The maximum absolute atomic E-state index is 4.54. The van der Waals surface area contributed by atoms with Gasteiger partial charge in [-0.2, -0.15) is 12.6 Å². The predicted molar refractivity (Wildman–Crippen MR) is 76.8 cm³/mol. The van der Waals surface area contributed by atoms with Gasteiger partial charge in [-0.1, -0.05) is 18.2 Å². The molecule has 0 aliphatic rings. The second-order valence-corrected chi connectivity index (χ2v) is 4.50. The fourth-order valence-electron chi connectivity index (χ4n) is 2.22. The number of nitrogens with one attached hydrogen (secondary N) is 1. The molecule has 0 spiro atoms. The Bertz CT molecular complexity index is 703. The van der Waals surface area contributed by atoms with Crippen LogP contribution in [0.3, 0.4) is 0 Å². The molecule has 0 saturated heterocycles. The van der Waals surface area contributed by atoms with E-state index < -0.39 is 0 Å². The summed E-state index contributed by atoms with van der Waals surface area (Å²) in [5.74, 6) is 1.30. The molecule has 1 N–H and O–H groups in total. The van der Waals surface area contributed by atoms with Gasteiger partial charge in [0.25, 0.3) is 0 Å². The van der Waals surface area contributed by atoms with Gasteiger partial charge in [0.05, 0.1) is 11.4 Å². The van der Waals surface area contributed by atoms with E-state index in [9.17, 15) is 0 Å². The van der Waals surface area contributed by atoms with E-state index in [2.05, 4.69) is 46.6 Å². The maximum atomic E-state index is 4.54. The highest BCUT2D eigenvalue weighted by atomic mass is 32.1. The fraction of sp³-hybridized carbons (Fsp3) is 0.143. The Labute approximate surface area is 111 Å². The van der Waals surface area contributed by atoms with Gasteiger partial charge in [0.15, 0.2) is 0 Å². The van der Waals surface area contributed by atoms with Crippen LogP contribution in [0.1, 0.15) is 11.5 Å². The van der Waals surface area contributed by atoms with Gasteiger partial charge >= 0.3 is 0 Å². The monoisotopic (exact) mass is 255 g/mol. The zero-order valence-corrected chi connectivity index (χ0v) is 10.9. The van der Waals surface area contributed by atoms with Crippen molar-refractivity contribution in [2.75, 3.05) is 0 Å². The number of benzene rings is 1. The van der Waals surface area contributed by atoms with Crippen LogP contribution in [-0.4, -0.2) is 15.0 Å². The number of hydrogen-bond donors (Lipinski definition) is 2. The molecule has 3 rings (SSSR count). The van der Waals surface area contributed by atoms with Crippen molar-refractivity contribution in [2.24, 2.45) is 0 Å². The molecular formula is C14H13N3S. The van der Waals surface area contributed by atoms with E-state index in [1.165, 1.54) is 5.39 Å². The van der Waals surface area contributed by atoms with Crippen LogP contribution in [0.2, 0.25) is 0 Å². The molecule has 0 atom stereocenters. The van der Waals surface area contributed by atoms with Crippen LogP contribution in [0.5, 0.6) is 0 Å². The molecule has 3 nitrogen and oxygen atoms in total. The second-order valence-electron chi connectivity index (χ2n) is 4.19. The molecule has 0 unspecified atom stereocenters. The number of hydrogen-bond acceptors (Lipinski definition) is 3. The van der Waals surface area contributed by atoms with Gasteiger partial charge in [0, 0.05) is 28.4 Å². The van der Waals surface area contributed by atoms with Crippen LogP contribution < -0.4 is 0 Å². The maximum Gasteiger partial charge on any atom is 0.138 e. The van der Waals surface area contributed by atoms with Gasteiger partial charge in [0.1, 0.15) is 5.82 Å². The van der Waals surface area contributed by atoms with Gasteiger partial charge < -0.3 is 4.98 Å². The lowest BCUT2D eigenvalue weighted by Gasteiger charge is -2.02. The van der Waals surface area contributed by atoms with Crippen molar-refractivity contribution < 1.29 is 0 Å². The lowest BCUT2D eigenvalue weighted by molar-refractivity contribution is 1.04. The molecule has 1 aromatic carbocycles. The van der Waals surface area contributed by atoms with Gasteiger partial charge in [-0.3, -0.25) is 0 Å². The third-order valence-corrected chi connectivity index (χ3v) is 3.28. The first-order valence-electron chi connectivity index (χ1n) is 5.80. The predicted octanol–water partition coefficient (Wildman–Crippen LogP) is 3.36. The number of aryl methyl sites for hydroxylation is 1. The molecule has 0 aliphatic carbocycles. The topological polar surface area (TPSA) is 41.6 Å². The third kappa shape index (κ3) is 1.78. The highest BCUT2D eigenvalue weighted by molar-refractivity contribution is 7.79. The number of para-hydroxylation sites is 1. The van der Waals surface area contributed by atoms with Crippen LogP contribution >= 0.6 is 12.6 Å². The minimum Gasteiger partial charge on any atom is -0.358 e. The Kier molecular flexibility index (Phi) is 2.80. The second kappa shape index (κ2) is 4.46. The van der Waals surface area contributed by atoms with E-state index in [0.29, 0.717) is 5.75 Å². The van der Waals surface area contributed by atoms with Crippen molar-refractivity contribution in [3.63, 3.8) is 0 Å². The zero-order chi connectivity index (χ0) is 12.5. The van der Waals surface area contributed by atoms with Gasteiger partial charge in [-0.25, -0.2) is 9.97 Å². The normalized spacial score (nSPS) is 11.0. The molecule has 0 saturated carbocycles. The van der Waals surface area contributed by atoms with Gasteiger partial charge in [0.2, 0.25) is 0 Å². The highest BCUT2D eigenvalue weighted by Gasteiger charge is 2.11. The summed E-state index contributed by atoms with van der Waals surface area (Å²) in [4.78, 5) is 12.1. The Balaban J connectivity index is 2.27. The molecule has 4 heteroatoms. The van der Waals surface area contributed by atoms with Crippen LogP contribution in [0.15, 0.2) is 36.5 Å². The lowest BCUT2D eigenvalue weighted by Crippen LogP contribution is -1.93. The van der Waals surface area contributed by atoms with E-state index in [4.69, 9.17) is 0 Å². The fourth-order valence-corrected chi connectivity index (χ4v) is 2.37. The molecule has 2 aromatic heterocycles. The molecule has 0 fully saturated rings. The first-order chi connectivity index (χ1) is 8.79. The standard InChI is InChI=1S/C14H13N3S/c1-9-14(10-4-2-3-5-11(10)16-9)12-6-7-15-13(8-18)17-12/h2-7,16,18H,8H2,1H3. The lowest BCUT2D eigenvalue weighted by atomic mass is 10.1. The van der Waals surface area contributed by atoms with Gasteiger partial charge in [-0.05, 0) is 19.1 Å². The molecule has 0 bridgehead atoms. The number of aromatic nitrogens is 3.